The molecule has 0 fully saturated rings. The molecule has 1 aromatic carbocycles. The predicted molar refractivity (Wildman–Crippen MR) is 61.7 cm³/mol. The molecule has 0 heterocycles. The highest BCUT2D eigenvalue weighted by molar-refractivity contribution is 9.10. The predicted octanol–water partition coefficient (Wildman–Crippen LogP) is 3.43. The van der Waals surface area contributed by atoms with Gasteiger partial charge in [0.05, 0.1) is 10.6 Å². The Hall–Kier alpha value is -0.850. The van der Waals surface area contributed by atoms with E-state index in [9.17, 15) is 9.50 Å². The van der Waals surface area contributed by atoms with Gasteiger partial charge in [-0.25, -0.2) is 4.39 Å². The minimum Gasteiger partial charge on any atom is -0.388 e. The lowest BCUT2D eigenvalue weighted by atomic mass is 10.0. The van der Waals surface area contributed by atoms with E-state index in [1.807, 2.05) is 0 Å². The average Bonchev–Trinajstić information content (AvgIpc) is 2.22. The summed E-state index contributed by atoms with van der Waals surface area (Å²) in [6, 6.07) is 4.89. The Morgan fingerprint density at radius 1 is 1.53 bits per heavy atom. The third-order valence-electron chi connectivity index (χ3n) is 2.14. The van der Waals surface area contributed by atoms with Crippen LogP contribution >= 0.6 is 15.9 Å². The fourth-order valence-electron chi connectivity index (χ4n) is 1.33. The molecule has 1 N–H and O–H groups in total. The van der Waals surface area contributed by atoms with Crippen molar-refractivity contribution in [1.82, 2.24) is 0 Å². The lowest BCUT2D eigenvalue weighted by molar-refractivity contribution is 0.160. The van der Waals surface area contributed by atoms with Gasteiger partial charge in [0.25, 0.3) is 0 Å². The first-order valence-electron chi connectivity index (χ1n) is 4.72. The van der Waals surface area contributed by atoms with Gasteiger partial charge in [0.15, 0.2) is 0 Å². The maximum atomic E-state index is 13.5. The van der Waals surface area contributed by atoms with E-state index in [4.69, 9.17) is 6.42 Å². The quantitative estimate of drug-likeness (QED) is 0.657. The summed E-state index contributed by atoms with van der Waals surface area (Å²) >= 11 is 3.08. The molecule has 0 saturated heterocycles. The topological polar surface area (TPSA) is 20.2 Å². The lowest BCUT2D eigenvalue weighted by Gasteiger charge is -2.11. The van der Waals surface area contributed by atoms with Crippen LogP contribution in [0.15, 0.2) is 22.7 Å². The summed E-state index contributed by atoms with van der Waals surface area (Å²) in [6.45, 7) is 0. The molecule has 3 heteroatoms. The van der Waals surface area contributed by atoms with Gasteiger partial charge in [-0.2, -0.15) is 0 Å². The Bertz CT molecular complexity index is 370. The van der Waals surface area contributed by atoms with Crippen LogP contribution in [-0.2, 0) is 0 Å². The summed E-state index contributed by atoms with van der Waals surface area (Å²) < 4.78 is 13.9. The largest absolute Gasteiger partial charge is 0.388 e. The molecule has 0 aliphatic carbocycles. The second-order valence-corrected chi connectivity index (χ2v) is 4.11. The molecule has 15 heavy (non-hydrogen) atoms. The first-order valence-corrected chi connectivity index (χ1v) is 5.51. The van der Waals surface area contributed by atoms with Gasteiger partial charge in [0, 0.05) is 12.0 Å². The van der Waals surface area contributed by atoms with Crippen molar-refractivity contribution in [3.63, 3.8) is 0 Å². The smallest absolute Gasteiger partial charge is 0.143 e. The van der Waals surface area contributed by atoms with Crippen LogP contribution in [0.4, 0.5) is 4.39 Å². The molecule has 0 amide bonds. The van der Waals surface area contributed by atoms with Crippen LogP contribution in [0.25, 0.3) is 0 Å². The average molecular weight is 271 g/mol. The maximum Gasteiger partial charge on any atom is 0.143 e. The van der Waals surface area contributed by atoms with Crippen molar-refractivity contribution in [2.24, 2.45) is 0 Å². The first-order chi connectivity index (χ1) is 7.16. The monoisotopic (exact) mass is 270 g/mol. The third kappa shape index (κ3) is 3.33. The molecule has 0 bridgehead atoms. The number of aliphatic hydroxyl groups excluding tert-OH is 1. The van der Waals surface area contributed by atoms with Crippen molar-refractivity contribution in [2.75, 3.05) is 0 Å². The summed E-state index contributed by atoms with van der Waals surface area (Å²) in [5.41, 5.74) is 0.321. The van der Waals surface area contributed by atoms with E-state index in [0.717, 1.165) is 0 Å². The molecule has 1 nitrogen and oxygen atoms in total. The Balaban J connectivity index is 2.70. The lowest BCUT2D eigenvalue weighted by Crippen LogP contribution is -2.01. The molecule has 0 aliphatic rings. The minimum atomic E-state index is -0.782. The molecule has 0 aliphatic heterocycles. The van der Waals surface area contributed by atoms with Gasteiger partial charge >= 0.3 is 0 Å². The number of hydrogen-bond acceptors (Lipinski definition) is 1. The Morgan fingerprint density at radius 2 is 2.27 bits per heavy atom. The number of unbranched alkanes of at least 4 members (excludes halogenated alkanes) is 1. The molecule has 0 saturated carbocycles. The number of rotatable bonds is 4. The van der Waals surface area contributed by atoms with Gasteiger partial charge < -0.3 is 5.11 Å². The van der Waals surface area contributed by atoms with E-state index >= 15 is 0 Å². The number of terminal acetylenes is 1. The number of benzene rings is 1. The second kappa shape index (κ2) is 5.89. The van der Waals surface area contributed by atoms with Crippen LogP contribution in [0.2, 0.25) is 0 Å². The van der Waals surface area contributed by atoms with Crippen LogP contribution < -0.4 is 0 Å². The zero-order chi connectivity index (χ0) is 11.3. The van der Waals surface area contributed by atoms with E-state index in [2.05, 4.69) is 21.9 Å². The summed E-state index contributed by atoms with van der Waals surface area (Å²) in [5, 5.41) is 9.72. The van der Waals surface area contributed by atoms with Crippen molar-refractivity contribution >= 4 is 15.9 Å². The van der Waals surface area contributed by atoms with Gasteiger partial charge in [0.2, 0.25) is 0 Å². The fourth-order valence-corrected chi connectivity index (χ4v) is 1.71. The maximum absolute atomic E-state index is 13.5. The van der Waals surface area contributed by atoms with Gasteiger partial charge in [0.1, 0.15) is 5.82 Å². The molecule has 1 rings (SSSR count). The summed E-state index contributed by atoms with van der Waals surface area (Å²) in [7, 11) is 0. The van der Waals surface area contributed by atoms with Gasteiger partial charge in [-0.1, -0.05) is 12.1 Å². The molecule has 1 aromatic rings. The van der Waals surface area contributed by atoms with Crippen molar-refractivity contribution in [1.29, 1.82) is 0 Å². The van der Waals surface area contributed by atoms with E-state index in [1.54, 1.807) is 18.2 Å². The van der Waals surface area contributed by atoms with Crippen LogP contribution in [-0.4, -0.2) is 5.11 Å². The molecule has 1 atom stereocenters. The Morgan fingerprint density at radius 3 is 2.93 bits per heavy atom. The van der Waals surface area contributed by atoms with Gasteiger partial charge in [-0.3, -0.25) is 0 Å². The summed E-state index contributed by atoms with van der Waals surface area (Å²) in [5.74, 6) is 2.09. The Labute approximate surface area is 97.4 Å². The van der Waals surface area contributed by atoms with Gasteiger partial charge in [-0.05, 0) is 34.8 Å². The molecule has 0 aromatic heterocycles. The molecular weight excluding hydrogens is 259 g/mol. The summed E-state index contributed by atoms with van der Waals surface area (Å²) in [4.78, 5) is 0. The highest BCUT2D eigenvalue weighted by Gasteiger charge is 2.13. The zero-order valence-corrected chi connectivity index (χ0v) is 9.80. The SMILES string of the molecule is C#CCCCC(O)c1cccc(Br)c1F. The van der Waals surface area contributed by atoms with Crippen LogP contribution in [0.1, 0.15) is 30.9 Å². The summed E-state index contributed by atoms with van der Waals surface area (Å²) in [6.07, 6.45) is 6.10. The van der Waals surface area contributed by atoms with Crippen molar-refractivity contribution in [2.45, 2.75) is 25.4 Å². The molecule has 0 radical (unpaired) electrons. The van der Waals surface area contributed by atoms with E-state index < -0.39 is 11.9 Å². The van der Waals surface area contributed by atoms with E-state index in [1.165, 1.54) is 0 Å². The van der Waals surface area contributed by atoms with E-state index in [-0.39, 0.29) is 0 Å². The molecule has 1 unspecified atom stereocenters. The molecule has 0 spiro atoms. The Kier molecular flexibility index (Phi) is 4.80. The second-order valence-electron chi connectivity index (χ2n) is 3.26. The third-order valence-corrected chi connectivity index (χ3v) is 2.75. The highest BCUT2D eigenvalue weighted by atomic mass is 79.9. The van der Waals surface area contributed by atoms with Crippen molar-refractivity contribution in [3.05, 3.63) is 34.1 Å². The first kappa shape index (κ1) is 12.2. The molecular formula is C12H12BrFO. The fraction of sp³-hybridized carbons (Fsp3) is 0.333. The molecule has 80 valence electrons. The highest BCUT2D eigenvalue weighted by Crippen LogP contribution is 2.26. The number of halogens is 2. The van der Waals surface area contributed by atoms with Gasteiger partial charge in [-0.15, -0.1) is 12.3 Å². The number of aliphatic hydroxyl groups is 1. The standard InChI is InChI=1S/C12H12BrFO/c1-2-3-4-8-11(15)9-6-5-7-10(13)12(9)14/h1,5-7,11,15H,3-4,8H2. The van der Waals surface area contributed by atoms with Crippen LogP contribution in [0.5, 0.6) is 0 Å². The number of hydrogen-bond donors (Lipinski definition) is 1. The zero-order valence-electron chi connectivity index (χ0n) is 8.21. The van der Waals surface area contributed by atoms with E-state index in [0.29, 0.717) is 29.3 Å². The van der Waals surface area contributed by atoms with Crippen molar-refractivity contribution in [3.8, 4) is 12.3 Å². The van der Waals surface area contributed by atoms with Crippen molar-refractivity contribution < 1.29 is 9.50 Å². The van der Waals surface area contributed by atoms with Crippen LogP contribution in [0.3, 0.4) is 0 Å². The minimum absolute atomic E-state index is 0.321. The normalized spacial score (nSPS) is 12.1. The van der Waals surface area contributed by atoms with Crippen LogP contribution in [0, 0.1) is 18.2 Å².